The van der Waals surface area contributed by atoms with Gasteiger partial charge in [-0.1, -0.05) is 24.8 Å². The van der Waals surface area contributed by atoms with Crippen LogP contribution in [0.5, 0.6) is 17.2 Å². The Hall–Kier alpha value is -2.74. The third-order valence-corrected chi connectivity index (χ3v) is 4.52. The minimum atomic E-state index is -0.599. The first kappa shape index (κ1) is 24.5. The molecule has 0 aromatic heterocycles. The summed E-state index contributed by atoms with van der Waals surface area (Å²) in [5.74, 6) is 2.14. The fraction of sp³-hybridized carbons (Fsp3) is 0.417. The number of aliphatic hydroxyl groups excluding tert-OH is 1. The number of hydrogen-bond acceptors (Lipinski definition) is 7. The largest absolute Gasteiger partial charge is 0.499 e. The fourth-order valence-electron chi connectivity index (χ4n) is 2.85. The summed E-state index contributed by atoms with van der Waals surface area (Å²) in [5.41, 5.74) is 2.18. The van der Waals surface area contributed by atoms with Crippen LogP contribution in [-0.4, -0.2) is 58.3 Å². The van der Waals surface area contributed by atoms with Crippen molar-refractivity contribution < 1.29 is 28.8 Å². The lowest BCUT2D eigenvalue weighted by molar-refractivity contribution is 0.0749. The molecule has 2 aromatic rings. The molecule has 1 unspecified atom stereocenters. The van der Waals surface area contributed by atoms with E-state index in [1.807, 2.05) is 42.5 Å². The highest BCUT2D eigenvalue weighted by atomic mass is 16.5. The first-order valence-corrected chi connectivity index (χ1v) is 10.3. The number of methoxy groups -OCH3 is 2. The van der Waals surface area contributed by atoms with Crippen molar-refractivity contribution in [1.82, 2.24) is 5.32 Å². The van der Waals surface area contributed by atoms with Gasteiger partial charge in [0.25, 0.3) is 0 Å². The van der Waals surface area contributed by atoms with E-state index in [0.29, 0.717) is 43.6 Å². The van der Waals surface area contributed by atoms with Crippen LogP contribution in [-0.2, 0) is 22.5 Å². The highest BCUT2D eigenvalue weighted by Crippen LogP contribution is 2.27. The summed E-state index contributed by atoms with van der Waals surface area (Å²) in [4.78, 5) is 0. The number of nitrogens with one attached hydrogen (secondary N) is 1. The molecular formula is C24H33NO6. The summed E-state index contributed by atoms with van der Waals surface area (Å²) in [7, 11) is 3.24. The van der Waals surface area contributed by atoms with Crippen LogP contribution in [0.1, 0.15) is 11.1 Å². The lowest BCUT2D eigenvalue weighted by atomic mass is 10.1. The van der Waals surface area contributed by atoms with Crippen molar-refractivity contribution in [1.29, 1.82) is 0 Å². The fourth-order valence-corrected chi connectivity index (χ4v) is 2.85. The molecule has 0 radical (unpaired) electrons. The van der Waals surface area contributed by atoms with Gasteiger partial charge in [0.15, 0.2) is 11.5 Å². The molecule has 0 aliphatic carbocycles. The van der Waals surface area contributed by atoms with Crippen LogP contribution in [0.2, 0.25) is 0 Å². The summed E-state index contributed by atoms with van der Waals surface area (Å²) in [6, 6.07) is 13.5. The summed E-state index contributed by atoms with van der Waals surface area (Å²) in [6.07, 6.45) is 1.62. The Morgan fingerprint density at radius 3 is 2.45 bits per heavy atom. The van der Waals surface area contributed by atoms with E-state index in [-0.39, 0.29) is 6.61 Å². The van der Waals surface area contributed by atoms with E-state index in [1.54, 1.807) is 14.2 Å². The zero-order valence-corrected chi connectivity index (χ0v) is 18.3. The van der Waals surface area contributed by atoms with E-state index in [4.69, 9.17) is 23.7 Å². The van der Waals surface area contributed by atoms with Gasteiger partial charge in [0.1, 0.15) is 25.1 Å². The van der Waals surface area contributed by atoms with E-state index in [2.05, 4.69) is 11.9 Å². The Kier molecular flexibility index (Phi) is 11.3. The van der Waals surface area contributed by atoms with Gasteiger partial charge in [0.2, 0.25) is 0 Å². The molecule has 0 aliphatic heterocycles. The lowest BCUT2D eigenvalue weighted by Crippen LogP contribution is -2.32. The molecule has 0 spiro atoms. The van der Waals surface area contributed by atoms with Crippen LogP contribution in [0, 0.1) is 0 Å². The number of hydrogen-bond donors (Lipinski definition) is 2. The topological polar surface area (TPSA) is 78.4 Å². The van der Waals surface area contributed by atoms with Crippen LogP contribution in [0.3, 0.4) is 0 Å². The third-order valence-electron chi connectivity index (χ3n) is 4.52. The molecule has 2 N–H and O–H groups in total. The van der Waals surface area contributed by atoms with E-state index in [0.717, 1.165) is 24.1 Å². The van der Waals surface area contributed by atoms with Crippen molar-refractivity contribution in [3.63, 3.8) is 0 Å². The maximum atomic E-state index is 10.1. The average Bonchev–Trinajstić information content (AvgIpc) is 2.81. The minimum Gasteiger partial charge on any atom is -0.499 e. The molecule has 0 bridgehead atoms. The van der Waals surface area contributed by atoms with Crippen LogP contribution in [0.25, 0.3) is 0 Å². The maximum absolute atomic E-state index is 10.1. The Balaban J connectivity index is 1.61. The highest BCUT2D eigenvalue weighted by Gasteiger charge is 2.07. The molecule has 0 amide bonds. The molecule has 7 heteroatoms. The first-order chi connectivity index (χ1) is 15.2. The number of aliphatic hydroxyl groups is 1. The van der Waals surface area contributed by atoms with Crippen molar-refractivity contribution in [3.8, 4) is 17.2 Å². The molecule has 7 nitrogen and oxygen atoms in total. The summed E-state index contributed by atoms with van der Waals surface area (Å²) in [5, 5.41) is 13.4. The Morgan fingerprint density at radius 2 is 1.74 bits per heavy atom. The van der Waals surface area contributed by atoms with Crippen LogP contribution < -0.4 is 19.5 Å². The number of benzene rings is 2. The van der Waals surface area contributed by atoms with Gasteiger partial charge in [-0.2, -0.15) is 0 Å². The predicted octanol–water partition coefficient (Wildman–Crippen LogP) is 2.95. The average molecular weight is 432 g/mol. The smallest absolute Gasteiger partial charge is 0.160 e. The van der Waals surface area contributed by atoms with E-state index in [9.17, 15) is 5.11 Å². The van der Waals surface area contributed by atoms with Crippen molar-refractivity contribution in [3.05, 3.63) is 66.4 Å². The quantitative estimate of drug-likeness (QED) is 0.313. The predicted molar refractivity (Wildman–Crippen MR) is 120 cm³/mol. The molecule has 2 rings (SSSR count). The number of ether oxygens (including phenoxy) is 5. The summed E-state index contributed by atoms with van der Waals surface area (Å²) >= 11 is 0. The van der Waals surface area contributed by atoms with E-state index >= 15 is 0 Å². The molecule has 0 saturated heterocycles. The molecule has 0 heterocycles. The van der Waals surface area contributed by atoms with E-state index in [1.165, 1.54) is 6.26 Å². The van der Waals surface area contributed by atoms with Crippen LogP contribution in [0.4, 0.5) is 0 Å². The molecule has 170 valence electrons. The Bertz CT molecular complexity index is 765. The van der Waals surface area contributed by atoms with Crippen LogP contribution in [0.15, 0.2) is 55.3 Å². The molecule has 2 aromatic carbocycles. The van der Waals surface area contributed by atoms with Gasteiger partial charge in [-0.15, -0.1) is 0 Å². The van der Waals surface area contributed by atoms with Gasteiger partial charge in [0.05, 0.1) is 33.7 Å². The van der Waals surface area contributed by atoms with Crippen molar-refractivity contribution in [2.75, 3.05) is 47.1 Å². The first-order valence-electron chi connectivity index (χ1n) is 10.3. The second-order valence-corrected chi connectivity index (χ2v) is 6.84. The molecule has 0 aliphatic rings. The zero-order valence-electron chi connectivity index (χ0n) is 18.3. The molecule has 0 saturated carbocycles. The van der Waals surface area contributed by atoms with Gasteiger partial charge in [-0.3, -0.25) is 0 Å². The summed E-state index contributed by atoms with van der Waals surface area (Å²) < 4.78 is 26.7. The standard InChI is InChI=1S/C24H33NO6/c1-4-29-13-14-30-17-20-5-8-22(9-6-20)31-18-21(26)16-25-12-11-19-7-10-23(27-2)24(15-19)28-3/h4-10,15,21,25-26H,1,11-14,16-18H2,2-3H3. The minimum absolute atomic E-state index is 0.220. The second kappa shape index (κ2) is 14.3. The van der Waals surface area contributed by atoms with E-state index < -0.39 is 6.10 Å². The molecule has 1 atom stereocenters. The second-order valence-electron chi connectivity index (χ2n) is 6.84. The Labute approximate surface area is 184 Å². The highest BCUT2D eigenvalue weighted by molar-refractivity contribution is 5.42. The van der Waals surface area contributed by atoms with Gasteiger partial charge in [0, 0.05) is 6.54 Å². The van der Waals surface area contributed by atoms with Crippen LogP contribution >= 0.6 is 0 Å². The monoisotopic (exact) mass is 431 g/mol. The molecule has 31 heavy (non-hydrogen) atoms. The van der Waals surface area contributed by atoms with Gasteiger partial charge < -0.3 is 34.1 Å². The van der Waals surface area contributed by atoms with Crippen molar-refractivity contribution in [2.24, 2.45) is 0 Å². The van der Waals surface area contributed by atoms with Crippen molar-refractivity contribution in [2.45, 2.75) is 19.1 Å². The number of rotatable bonds is 16. The normalized spacial score (nSPS) is 11.6. The lowest BCUT2D eigenvalue weighted by Gasteiger charge is -2.14. The van der Waals surface area contributed by atoms with Gasteiger partial charge in [-0.25, -0.2) is 0 Å². The van der Waals surface area contributed by atoms with Crippen molar-refractivity contribution >= 4 is 0 Å². The Morgan fingerprint density at radius 1 is 1.00 bits per heavy atom. The molecule has 0 fully saturated rings. The summed E-state index contributed by atoms with van der Waals surface area (Å²) in [6.45, 7) is 6.39. The van der Waals surface area contributed by atoms with Gasteiger partial charge in [-0.05, 0) is 48.4 Å². The zero-order chi connectivity index (χ0) is 22.3. The molecular weight excluding hydrogens is 398 g/mol. The van der Waals surface area contributed by atoms with Gasteiger partial charge >= 0.3 is 0 Å². The third kappa shape index (κ3) is 9.29. The maximum Gasteiger partial charge on any atom is 0.160 e. The SMILES string of the molecule is C=COCCOCc1ccc(OCC(O)CNCCc2ccc(OC)c(OC)c2)cc1.